The van der Waals surface area contributed by atoms with Gasteiger partial charge in [-0.1, -0.05) is 60.1 Å². The maximum atomic E-state index is 13.1. The summed E-state index contributed by atoms with van der Waals surface area (Å²) in [5.74, 6) is 0.0702. The Labute approximate surface area is 360 Å². The summed E-state index contributed by atoms with van der Waals surface area (Å²) in [6.07, 6.45) is -7.57. The summed E-state index contributed by atoms with van der Waals surface area (Å²) in [6.45, 7) is 17.5. The number of hydrogen-bond acceptors (Lipinski definition) is 14. The lowest BCUT2D eigenvalue weighted by Gasteiger charge is -2.71. The summed E-state index contributed by atoms with van der Waals surface area (Å²) < 4.78 is 36.2. The van der Waals surface area contributed by atoms with Gasteiger partial charge in [0, 0.05) is 0 Å². The van der Waals surface area contributed by atoms with Gasteiger partial charge in [0.15, 0.2) is 18.9 Å². The maximum absolute atomic E-state index is 13.1. The lowest BCUT2D eigenvalue weighted by Crippen LogP contribution is -2.66. The topological polar surface area (TPSA) is 234 Å². The van der Waals surface area contributed by atoms with Crippen molar-refractivity contribution in [3.8, 4) is 0 Å². The zero-order valence-electron chi connectivity index (χ0n) is 37.3. The fraction of sp³-hybridized carbons (Fsp3) is 0.935. The van der Waals surface area contributed by atoms with Gasteiger partial charge >= 0.3 is 5.97 Å². The molecule has 15 nitrogen and oxygen atoms in total. The fourth-order valence-corrected chi connectivity index (χ4v) is 14.5. The van der Waals surface area contributed by atoms with Crippen LogP contribution in [0.1, 0.15) is 120 Å². The predicted molar refractivity (Wildman–Crippen MR) is 217 cm³/mol. The van der Waals surface area contributed by atoms with E-state index in [0.717, 1.165) is 57.8 Å². The summed E-state index contributed by atoms with van der Waals surface area (Å²) in [6, 6.07) is 0. The number of carboxylic acids is 1. The third-order valence-corrected chi connectivity index (χ3v) is 18.5. The van der Waals surface area contributed by atoms with Crippen LogP contribution in [-0.2, 0) is 33.2 Å². The molecule has 348 valence electrons. The molecule has 0 spiro atoms. The SMILES string of the molecule is C[C@H]1O[C@H](O[C@H]2[C@@H](O[C@@H]3CC[C@]4(C)[C@H](CC[C@]5(C)[C@H]4CC=C4[C@@H]6CC(C)(C)CC[C@@]6(C(=O)O)CC[C@@]45C)C3(C)C)OC[C@H](O)[C@H]2O)[C@H](O)[C@@H](O[C@H]2OC[C@H](O)[C@H](O)[C@H]2O)[C@H]1O. The number of rotatable bonds is 7. The molecule has 7 fully saturated rings. The Bertz CT molecular complexity index is 1670. The molecule has 61 heavy (non-hydrogen) atoms. The van der Waals surface area contributed by atoms with E-state index in [2.05, 4.69) is 54.5 Å². The first-order valence-electron chi connectivity index (χ1n) is 23.0. The second kappa shape index (κ2) is 15.9. The second-order valence-corrected chi connectivity index (χ2v) is 22.6. The predicted octanol–water partition coefficient (Wildman–Crippen LogP) is 3.01. The first-order valence-corrected chi connectivity index (χ1v) is 23.0. The van der Waals surface area contributed by atoms with Crippen LogP contribution in [0, 0.1) is 50.2 Å². The van der Waals surface area contributed by atoms with Gasteiger partial charge in [0.05, 0.1) is 30.8 Å². The summed E-state index contributed by atoms with van der Waals surface area (Å²) in [7, 11) is 0. The van der Waals surface area contributed by atoms with Crippen molar-refractivity contribution in [2.24, 2.45) is 50.2 Å². The number of allylic oxidation sites excluding steroid dienone is 2. The summed E-state index contributed by atoms with van der Waals surface area (Å²) in [5, 5.41) is 85.9. The van der Waals surface area contributed by atoms with Crippen LogP contribution in [0.2, 0.25) is 0 Å². The van der Waals surface area contributed by atoms with Gasteiger partial charge in [-0.2, -0.15) is 0 Å². The molecule has 0 aromatic rings. The molecule has 0 amide bonds. The fourth-order valence-electron chi connectivity index (χ4n) is 14.5. The van der Waals surface area contributed by atoms with Gasteiger partial charge in [0.2, 0.25) is 0 Å². The van der Waals surface area contributed by atoms with Crippen LogP contribution in [0.5, 0.6) is 0 Å². The highest BCUT2D eigenvalue weighted by molar-refractivity contribution is 5.76. The van der Waals surface area contributed by atoms with E-state index in [4.69, 9.17) is 28.4 Å². The number of hydrogen-bond donors (Lipinski definition) is 8. The summed E-state index contributed by atoms with van der Waals surface area (Å²) in [5.41, 5.74) is 0.298. The molecule has 3 heterocycles. The summed E-state index contributed by atoms with van der Waals surface area (Å²) >= 11 is 0. The number of aliphatic hydroxyl groups is 7. The van der Waals surface area contributed by atoms with Crippen LogP contribution in [0.3, 0.4) is 0 Å². The van der Waals surface area contributed by atoms with Gasteiger partial charge < -0.3 is 69.3 Å². The van der Waals surface area contributed by atoms with Gasteiger partial charge in [-0.15, -0.1) is 0 Å². The standard InChI is InChI=1S/C46H74O15/c1-22-30(49)35(60-37-33(52)31(50)25(47)20-56-37)34(53)38(58-22)61-36-32(51)26(48)21-57-39(36)59-29-12-13-43(6)27(42(29,4)5)11-14-45(8)28(43)10-9-23-24-19-41(2,3)15-17-46(24,40(54)55)18-16-44(23,45)7/h9,22,24-39,47-53H,10-21H2,1-8H3,(H,54,55)/t22-,24+,25+,26+,27-,28+,29-,30+,31+,32-,33-,34-,35+,36-,37-,38-,39-,43-,44+,45-,46-/m1/s1. The monoisotopic (exact) mass is 867 g/mol. The number of fused-ring (bicyclic) bond motifs is 7. The van der Waals surface area contributed by atoms with Crippen LogP contribution in [-0.4, -0.2) is 146 Å². The highest BCUT2D eigenvalue weighted by atomic mass is 16.8. The van der Waals surface area contributed by atoms with Crippen molar-refractivity contribution >= 4 is 5.97 Å². The van der Waals surface area contributed by atoms with Crippen molar-refractivity contribution in [1.82, 2.24) is 0 Å². The lowest BCUT2D eigenvalue weighted by molar-refractivity contribution is -0.378. The van der Waals surface area contributed by atoms with Crippen molar-refractivity contribution < 1.29 is 74.1 Å². The molecule has 21 atom stereocenters. The van der Waals surface area contributed by atoms with Gasteiger partial charge in [-0.05, 0) is 116 Å². The number of carbonyl (C=O) groups is 1. The quantitative estimate of drug-likeness (QED) is 0.136. The number of aliphatic hydroxyl groups excluding tert-OH is 7. The largest absolute Gasteiger partial charge is 0.481 e. The van der Waals surface area contributed by atoms with E-state index < -0.39 is 91.3 Å². The lowest BCUT2D eigenvalue weighted by atomic mass is 9.33. The normalized spacial score (nSPS) is 54.3. The molecule has 3 aliphatic heterocycles. The molecule has 4 saturated carbocycles. The number of ether oxygens (including phenoxy) is 6. The third kappa shape index (κ3) is 7.21. The molecule has 0 aromatic heterocycles. The van der Waals surface area contributed by atoms with Crippen molar-refractivity contribution in [2.45, 2.75) is 206 Å². The molecular weight excluding hydrogens is 792 g/mol. The average molecular weight is 867 g/mol. The van der Waals surface area contributed by atoms with Crippen LogP contribution >= 0.6 is 0 Å². The molecule has 0 unspecified atom stereocenters. The van der Waals surface area contributed by atoms with Crippen LogP contribution in [0.4, 0.5) is 0 Å². The number of aliphatic carboxylic acids is 1. The Hall–Kier alpha value is -1.31. The minimum Gasteiger partial charge on any atom is -0.481 e. The van der Waals surface area contributed by atoms with E-state index in [9.17, 15) is 45.6 Å². The van der Waals surface area contributed by atoms with E-state index in [1.165, 1.54) is 12.5 Å². The Morgan fingerprint density at radius 1 is 0.672 bits per heavy atom. The molecular formula is C46H74O15. The van der Waals surface area contributed by atoms with E-state index in [1.54, 1.807) is 0 Å². The zero-order chi connectivity index (χ0) is 44.4. The molecule has 3 saturated heterocycles. The van der Waals surface area contributed by atoms with E-state index >= 15 is 0 Å². The van der Waals surface area contributed by atoms with Crippen molar-refractivity contribution in [1.29, 1.82) is 0 Å². The average Bonchev–Trinajstić information content (AvgIpc) is 3.18. The smallest absolute Gasteiger partial charge is 0.310 e. The third-order valence-electron chi connectivity index (χ3n) is 18.5. The maximum Gasteiger partial charge on any atom is 0.310 e. The van der Waals surface area contributed by atoms with Gasteiger partial charge in [0.1, 0.15) is 54.9 Å². The van der Waals surface area contributed by atoms with Gasteiger partial charge in [0.25, 0.3) is 0 Å². The summed E-state index contributed by atoms with van der Waals surface area (Å²) in [4.78, 5) is 13.1. The van der Waals surface area contributed by atoms with Crippen LogP contribution in [0.25, 0.3) is 0 Å². The van der Waals surface area contributed by atoms with E-state index in [1.807, 2.05) is 0 Å². The Balaban J connectivity index is 1.00. The first kappa shape index (κ1) is 46.2. The molecule has 0 aromatic carbocycles. The van der Waals surface area contributed by atoms with Crippen LogP contribution < -0.4 is 0 Å². The van der Waals surface area contributed by atoms with Crippen molar-refractivity contribution in [3.63, 3.8) is 0 Å². The molecule has 0 radical (unpaired) electrons. The molecule has 15 heteroatoms. The highest BCUT2D eigenvalue weighted by Gasteiger charge is 2.69. The zero-order valence-corrected chi connectivity index (χ0v) is 37.3. The second-order valence-electron chi connectivity index (χ2n) is 22.6. The van der Waals surface area contributed by atoms with Crippen LogP contribution in [0.15, 0.2) is 11.6 Å². The van der Waals surface area contributed by atoms with E-state index in [0.29, 0.717) is 12.3 Å². The first-order chi connectivity index (χ1) is 28.4. The highest BCUT2D eigenvalue weighted by Crippen LogP contribution is 2.76. The van der Waals surface area contributed by atoms with Crippen molar-refractivity contribution in [3.05, 3.63) is 11.6 Å². The number of carboxylic acid groups (broad SMARTS) is 1. The molecule has 5 aliphatic carbocycles. The molecule has 0 bridgehead atoms. The molecule has 8 aliphatic rings. The molecule has 8 N–H and O–H groups in total. The Morgan fingerprint density at radius 2 is 1.31 bits per heavy atom. The minimum absolute atomic E-state index is 0.0145. The minimum atomic E-state index is -1.69. The van der Waals surface area contributed by atoms with Crippen molar-refractivity contribution in [2.75, 3.05) is 13.2 Å². The molecule has 8 rings (SSSR count). The Morgan fingerprint density at radius 3 is 2.00 bits per heavy atom. The van der Waals surface area contributed by atoms with Gasteiger partial charge in [-0.3, -0.25) is 4.79 Å². The Kier molecular flexibility index (Phi) is 12.1. The van der Waals surface area contributed by atoms with E-state index in [-0.39, 0.29) is 58.2 Å². The van der Waals surface area contributed by atoms with Gasteiger partial charge in [-0.25, -0.2) is 0 Å².